The molecule has 130 valence electrons. The van der Waals surface area contributed by atoms with Gasteiger partial charge >= 0.3 is 6.03 Å². The molecule has 0 spiro atoms. The Labute approximate surface area is 140 Å². The van der Waals surface area contributed by atoms with Crippen LogP contribution in [0.15, 0.2) is 18.6 Å². The summed E-state index contributed by atoms with van der Waals surface area (Å²) in [5.41, 5.74) is 0.766. The molecule has 0 radical (unpaired) electrons. The molecule has 3 heterocycles. The lowest BCUT2D eigenvalue weighted by molar-refractivity contribution is -0.0175. The number of nitrogens with one attached hydrogen (secondary N) is 1. The standard InChI is InChI=1S/C15H23N7O2/c1-15(2,3)22-10-16-13(19-22)18-14(23)21-7-8-24-12(9-21)11-5-6-17-20(11)4/h5-6,10,12H,7-9H2,1-4H3,(H,18,19,23). The molecule has 1 aliphatic heterocycles. The Bertz CT molecular complexity index is 715. The van der Waals surface area contributed by atoms with Crippen molar-refractivity contribution in [3.8, 4) is 0 Å². The fourth-order valence-electron chi connectivity index (χ4n) is 2.53. The zero-order chi connectivity index (χ0) is 17.3. The Morgan fingerprint density at radius 1 is 1.42 bits per heavy atom. The van der Waals surface area contributed by atoms with Gasteiger partial charge in [0.2, 0.25) is 5.95 Å². The number of hydrogen-bond acceptors (Lipinski definition) is 5. The van der Waals surface area contributed by atoms with Gasteiger partial charge in [-0.15, -0.1) is 5.10 Å². The van der Waals surface area contributed by atoms with Crippen LogP contribution in [0.3, 0.4) is 0 Å². The van der Waals surface area contributed by atoms with E-state index >= 15 is 0 Å². The normalized spacial score (nSPS) is 18.7. The van der Waals surface area contributed by atoms with Crippen molar-refractivity contribution in [3.63, 3.8) is 0 Å². The highest BCUT2D eigenvalue weighted by atomic mass is 16.5. The molecule has 9 heteroatoms. The second-order valence-electron chi connectivity index (χ2n) is 6.80. The van der Waals surface area contributed by atoms with Crippen LogP contribution in [0.2, 0.25) is 0 Å². The third-order valence-electron chi connectivity index (χ3n) is 3.94. The monoisotopic (exact) mass is 333 g/mol. The van der Waals surface area contributed by atoms with Crippen molar-refractivity contribution < 1.29 is 9.53 Å². The fraction of sp³-hybridized carbons (Fsp3) is 0.600. The number of carbonyl (C=O) groups excluding carboxylic acids is 1. The van der Waals surface area contributed by atoms with E-state index in [1.54, 1.807) is 26.8 Å². The number of nitrogens with zero attached hydrogens (tertiary/aromatic N) is 6. The maximum atomic E-state index is 12.5. The number of anilines is 1. The molecule has 1 saturated heterocycles. The molecule has 1 unspecified atom stereocenters. The molecule has 3 rings (SSSR count). The number of rotatable bonds is 2. The summed E-state index contributed by atoms with van der Waals surface area (Å²) in [4.78, 5) is 18.3. The first-order valence-electron chi connectivity index (χ1n) is 7.92. The van der Waals surface area contributed by atoms with Gasteiger partial charge in [0.1, 0.15) is 12.4 Å². The first kappa shape index (κ1) is 16.4. The van der Waals surface area contributed by atoms with E-state index in [1.165, 1.54) is 0 Å². The first-order chi connectivity index (χ1) is 11.3. The number of ether oxygens (including phenoxy) is 1. The van der Waals surface area contributed by atoms with Gasteiger partial charge in [-0.2, -0.15) is 5.10 Å². The van der Waals surface area contributed by atoms with E-state index < -0.39 is 0 Å². The lowest BCUT2D eigenvalue weighted by Gasteiger charge is -2.32. The van der Waals surface area contributed by atoms with E-state index in [0.29, 0.717) is 25.6 Å². The first-order valence-corrected chi connectivity index (χ1v) is 7.92. The Morgan fingerprint density at radius 3 is 2.83 bits per heavy atom. The second kappa shape index (κ2) is 6.23. The van der Waals surface area contributed by atoms with Gasteiger partial charge in [-0.1, -0.05) is 0 Å². The molecule has 0 aromatic carbocycles. The van der Waals surface area contributed by atoms with E-state index in [1.807, 2.05) is 33.9 Å². The van der Waals surface area contributed by atoms with E-state index in [9.17, 15) is 4.79 Å². The molecule has 1 fully saturated rings. The molecular formula is C15H23N7O2. The van der Waals surface area contributed by atoms with E-state index in [0.717, 1.165) is 5.69 Å². The summed E-state index contributed by atoms with van der Waals surface area (Å²) >= 11 is 0. The average molecular weight is 333 g/mol. The van der Waals surface area contributed by atoms with Gasteiger partial charge < -0.3 is 9.64 Å². The largest absolute Gasteiger partial charge is 0.368 e. The highest BCUT2D eigenvalue weighted by Gasteiger charge is 2.28. The van der Waals surface area contributed by atoms with Crippen LogP contribution in [-0.2, 0) is 17.3 Å². The molecule has 2 aromatic heterocycles. The Balaban J connectivity index is 1.64. The van der Waals surface area contributed by atoms with Gasteiger partial charge in [-0.3, -0.25) is 10.00 Å². The summed E-state index contributed by atoms with van der Waals surface area (Å²) < 4.78 is 9.25. The third kappa shape index (κ3) is 3.40. The van der Waals surface area contributed by atoms with Crippen LogP contribution in [-0.4, -0.2) is 55.2 Å². The maximum Gasteiger partial charge on any atom is 0.324 e. The minimum absolute atomic E-state index is 0.181. The highest BCUT2D eigenvalue weighted by Crippen LogP contribution is 2.22. The number of aromatic nitrogens is 5. The third-order valence-corrected chi connectivity index (χ3v) is 3.94. The van der Waals surface area contributed by atoms with Crippen molar-refractivity contribution in [2.24, 2.45) is 7.05 Å². The zero-order valence-electron chi connectivity index (χ0n) is 14.4. The summed E-state index contributed by atoms with van der Waals surface area (Å²) in [6.07, 6.45) is 3.16. The molecule has 9 nitrogen and oxygen atoms in total. The molecular weight excluding hydrogens is 310 g/mol. The average Bonchev–Trinajstić information content (AvgIpc) is 3.16. The molecule has 1 atom stereocenters. The summed E-state index contributed by atoms with van der Waals surface area (Å²) in [6, 6.07) is 1.68. The molecule has 0 aliphatic carbocycles. The number of morpholine rings is 1. The quantitative estimate of drug-likeness (QED) is 0.896. The molecule has 2 amide bonds. The van der Waals surface area contributed by atoms with Crippen molar-refractivity contribution in [1.29, 1.82) is 0 Å². The van der Waals surface area contributed by atoms with Crippen LogP contribution in [0.1, 0.15) is 32.6 Å². The summed E-state index contributed by atoms with van der Waals surface area (Å²) in [7, 11) is 1.86. The SMILES string of the molecule is Cn1nccc1C1CN(C(=O)Nc2ncn(C(C)(C)C)n2)CCO1. The number of aryl methyl sites for hydroxylation is 1. The van der Waals surface area contributed by atoms with E-state index in [2.05, 4.69) is 20.5 Å². The number of urea groups is 1. The Hall–Kier alpha value is -2.42. The highest BCUT2D eigenvalue weighted by molar-refractivity contribution is 5.87. The van der Waals surface area contributed by atoms with Crippen LogP contribution in [0.25, 0.3) is 0 Å². The van der Waals surface area contributed by atoms with Gasteiger partial charge in [0.15, 0.2) is 0 Å². The summed E-state index contributed by atoms with van der Waals surface area (Å²) in [5.74, 6) is 0.304. The van der Waals surface area contributed by atoms with Crippen molar-refractivity contribution in [3.05, 3.63) is 24.3 Å². The van der Waals surface area contributed by atoms with Gasteiger partial charge in [0, 0.05) is 19.8 Å². The smallest absolute Gasteiger partial charge is 0.324 e. The van der Waals surface area contributed by atoms with Crippen LogP contribution >= 0.6 is 0 Å². The number of hydrogen-bond donors (Lipinski definition) is 1. The van der Waals surface area contributed by atoms with Crippen LogP contribution in [0.4, 0.5) is 10.7 Å². The minimum atomic E-state index is -0.225. The predicted molar refractivity (Wildman–Crippen MR) is 87.5 cm³/mol. The Morgan fingerprint density at radius 2 is 2.21 bits per heavy atom. The second-order valence-corrected chi connectivity index (χ2v) is 6.80. The lowest BCUT2D eigenvalue weighted by atomic mass is 10.1. The van der Waals surface area contributed by atoms with Gasteiger partial charge in [0.25, 0.3) is 0 Å². The maximum absolute atomic E-state index is 12.5. The number of carbonyl (C=O) groups is 1. The molecule has 1 N–H and O–H groups in total. The zero-order valence-corrected chi connectivity index (χ0v) is 14.4. The predicted octanol–water partition coefficient (Wildman–Crippen LogP) is 1.37. The van der Waals surface area contributed by atoms with Gasteiger partial charge in [-0.25, -0.2) is 14.5 Å². The minimum Gasteiger partial charge on any atom is -0.368 e. The van der Waals surface area contributed by atoms with E-state index in [-0.39, 0.29) is 17.7 Å². The summed E-state index contributed by atoms with van der Waals surface area (Å²) in [5, 5.41) is 11.2. The van der Waals surface area contributed by atoms with Gasteiger partial charge in [-0.05, 0) is 26.8 Å². The lowest BCUT2D eigenvalue weighted by Crippen LogP contribution is -2.44. The Kier molecular flexibility index (Phi) is 4.27. The van der Waals surface area contributed by atoms with Crippen molar-refractivity contribution in [1.82, 2.24) is 29.4 Å². The molecule has 0 saturated carbocycles. The summed E-state index contributed by atoms with van der Waals surface area (Å²) in [6.45, 7) is 7.54. The number of amides is 2. The van der Waals surface area contributed by atoms with Crippen molar-refractivity contribution in [2.45, 2.75) is 32.4 Å². The van der Waals surface area contributed by atoms with E-state index in [4.69, 9.17) is 4.74 Å². The van der Waals surface area contributed by atoms with Crippen LogP contribution in [0.5, 0.6) is 0 Å². The topological polar surface area (TPSA) is 90.1 Å². The van der Waals surface area contributed by atoms with Crippen LogP contribution < -0.4 is 5.32 Å². The van der Waals surface area contributed by atoms with Crippen molar-refractivity contribution >= 4 is 12.0 Å². The van der Waals surface area contributed by atoms with Crippen molar-refractivity contribution in [2.75, 3.05) is 25.0 Å². The molecule has 24 heavy (non-hydrogen) atoms. The molecule has 2 aromatic rings. The molecule has 0 bridgehead atoms. The van der Waals surface area contributed by atoms with Crippen LogP contribution in [0, 0.1) is 0 Å². The fourth-order valence-corrected chi connectivity index (χ4v) is 2.53. The molecule has 1 aliphatic rings. The van der Waals surface area contributed by atoms with Gasteiger partial charge in [0.05, 0.1) is 24.4 Å².